The Morgan fingerprint density at radius 2 is 1.82 bits per heavy atom. The van der Waals surface area contributed by atoms with Crippen molar-refractivity contribution in [2.45, 2.75) is 51.0 Å². The quantitative estimate of drug-likeness (QED) is 0.921. The van der Waals surface area contributed by atoms with E-state index in [9.17, 15) is 4.39 Å². The number of hydrogen-bond acceptors (Lipinski definition) is 2. The number of rotatable bonds is 4. The lowest BCUT2D eigenvalue weighted by atomic mass is 9.83. The molecule has 3 atom stereocenters. The first-order valence-corrected chi connectivity index (χ1v) is 8.93. The molecular formula is C19H29FN2. The zero-order valence-electron chi connectivity index (χ0n) is 13.5. The summed E-state index contributed by atoms with van der Waals surface area (Å²) in [5, 5.41) is 0. The van der Waals surface area contributed by atoms with Crippen molar-refractivity contribution < 1.29 is 4.39 Å². The molecule has 0 amide bonds. The fourth-order valence-electron chi connectivity index (χ4n) is 4.23. The molecule has 0 radical (unpaired) electrons. The molecule has 22 heavy (non-hydrogen) atoms. The molecule has 1 heterocycles. The Bertz CT molecular complexity index is 459. The van der Waals surface area contributed by atoms with Gasteiger partial charge in [0, 0.05) is 19.1 Å². The third kappa shape index (κ3) is 4.30. The van der Waals surface area contributed by atoms with E-state index in [1.54, 1.807) is 12.1 Å². The molecule has 1 aliphatic heterocycles. The zero-order chi connectivity index (χ0) is 15.4. The molecule has 2 nitrogen and oxygen atoms in total. The molecule has 2 N–H and O–H groups in total. The molecule has 3 rings (SSSR count). The minimum atomic E-state index is -0.139. The smallest absolute Gasteiger partial charge is 0.123 e. The number of piperidine rings is 1. The van der Waals surface area contributed by atoms with Crippen molar-refractivity contribution in [3.05, 3.63) is 35.6 Å². The highest BCUT2D eigenvalue weighted by molar-refractivity contribution is 5.16. The maximum absolute atomic E-state index is 13.0. The number of benzene rings is 1. The first kappa shape index (κ1) is 15.9. The second kappa shape index (κ2) is 7.56. The molecule has 3 unspecified atom stereocenters. The van der Waals surface area contributed by atoms with Crippen molar-refractivity contribution in [1.82, 2.24) is 4.90 Å². The molecule has 0 bridgehead atoms. The molecule has 1 saturated carbocycles. The second-order valence-corrected chi connectivity index (χ2v) is 7.31. The minimum absolute atomic E-state index is 0.139. The molecule has 1 aliphatic carbocycles. The lowest BCUT2D eigenvalue weighted by Gasteiger charge is -2.38. The van der Waals surface area contributed by atoms with Crippen LogP contribution in [0.3, 0.4) is 0 Å². The van der Waals surface area contributed by atoms with Gasteiger partial charge in [0.05, 0.1) is 0 Å². The average molecular weight is 304 g/mol. The fraction of sp³-hybridized carbons (Fsp3) is 0.684. The van der Waals surface area contributed by atoms with Gasteiger partial charge in [0.2, 0.25) is 0 Å². The van der Waals surface area contributed by atoms with Gasteiger partial charge >= 0.3 is 0 Å². The van der Waals surface area contributed by atoms with Crippen molar-refractivity contribution in [3.63, 3.8) is 0 Å². The van der Waals surface area contributed by atoms with Crippen molar-refractivity contribution >= 4 is 0 Å². The van der Waals surface area contributed by atoms with Crippen molar-refractivity contribution in [3.8, 4) is 0 Å². The van der Waals surface area contributed by atoms with Crippen LogP contribution in [0.25, 0.3) is 0 Å². The van der Waals surface area contributed by atoms with Gasteiger partial charge in [-0.3, -0.25) is 0 Å². The number of hydrogen-bond donors (Lipinski definition) is 1. The number of nitrogens with two attached hydrogens (primary N) is 1. The Balaban J connectivity index is 1.51. The predicted molar refractivity (Wildman–Crippen MR) is 89.2 cm³/mol. The maximum Gasteiger partial charge on any atom is 0.123 e. The lowest BCUT2D eigenvalue weighted by molar-refractivity contribution is 0.129. The van der Waals surface area contributed by atoms with Crippen LogP contribution in [0.2, 0.25) is 0 Å². The Labute approximate surface area is 133 Å². The van der Waals surface area contributed by atoms with Gasteiger partial charge in [0.25, 0.3) is 0 Å². The Kier molecular flexibility index (Phi) is 5.48. The Morgan fingerprint density at radius 3 is 2.59 bits per heavy atom. The van der Waals surface area contributed by atoms with Gasteiger partial charge in [-0.1, -0.05) is 25.0 Å². The Hall–Kier alpha value is -0.930. The summed E-state index contributed by atoms with van der Waals surface area (Å²) in [5.74, 6) is 1.26. The van der Waals surface area contributed by atoms with Crippen LogP contribution < -0.4 is 5.73 Å². The van der Waals surface area contributed by atoms with E-state index in [1.165, 1.54) is 63.7 Å². The maximum atomic E-state index is 13.0. The van der Waals surface area contributed by atoms with Gasteiger partial charge in [-0.15, -0.1) is 0 Å². The summed E-state index contributed by atoms with van der Waals surface area (Å²) in [7, 11) is 0. The van der Waals surface area contributed by atoms with E-state index in [0.717, 1.165) is 6.42 Å². The largest absolute Gasteiger partial charge is 0.327 e. The highest BCUT2D eigenvalue weighted by Gasteiger charge is 2.27. The van der Waals surface area contributed by atoms with Gasteiger partial charge in [-0.25, -0.2) is 4.39 Å². The molecule has 122 valence electrons. The van der Waals surface area contributed by atoms with E-state index >= 15 is 0 Å². The molecule has 0 spiro atoms. The number of likely N-dealkylation sites (tertiary alicyclic amines) is 1. The van der Waals surface area contributed by atoms with Crippen LogP contribution in [0, 0.1) is 17.7 Å². The molecule has 2 fully saturated rings. The SMILES string of the molecule is NC1CCCCC1CN1CCCC(Cc2ccc(F)cc2)C1. The summed E-state index contributed by atoms with van der Waals surface area (Å²) in [6, 6.07) is 7.44. The molecule has 1 aromatic carbocycles. The summed E-state index contributed by atoms with van der Waals surface area (Å²) >= 11 is 0. The molecule has 3 heteroatoms. The average Bonchev–Trinajstić information content (AvgIpc) is 2.52. The molecular weight excluding hydrogens is 275 g/mol. The van der Waals surface area contributed by atoms with Crippen LogP contribution in [0.15, 0.2) is 24.3 Å². The minimum Gasteiger partial charge on any atom is -0.327 e. The lowest BCUT2D eigenvalue weighted by Crippen LogP contribution is -2.45. The summed E-state index contributed by atoms with van der Waals surface area (Å²) in [6.45, 7) is 3.59. The summed E-state index contributed by atoms with van der Waals surface area (Å²) in [6.07, 6.45) is 8.83. The van der Waals surface area contributed by atoms with Crippen LogP contribution in [-0.2, 0) is 6.42 Å². The standard InChI is InChI=1S/C19H29FN2/c20-18-9-7-15(8-10-18)12-16-4-3-11-22(13-16)14-17-5-1-2-6-19(17)21/h7-10,16-17,19H,1-6,11-14,21H2. The molecule has 1 saturated heterocycles. The highest BCUT2D eigenvalue weighted by atomic mass is 19.1. The summed E-state index contributed by atoms with van der Waals surface area (Å²) in [4.78, 5) is 2.63. The van der Waals surface area contributed by atoms with Crippen LogP contribution in [-0.4, -0.2) is 30.6 Å². The zero-order valence-corrected chi connectivity index (χ0v) is 13.5. The van der Waals surface area contributed by atoms with Crippen molar-refractivity contribution in [2.24, 2.45) is 17.6 Å². The van der Waals surface area contributed by atoms with Crippen molar-refractivity contribution in [2.75, 3.05) is 19.6 Å². The Morgan fingerprint density at radius 1 is 1.05 bits per heavy atom. The van der Waals surface area contributed by atoms with E-state index in [0.29, 0.717) is 17.9 Å². The van der Waals surface area contributed by atoms with Crippen LogP contribution in [0.4, 0.5) is 4.39 Å². The van der Waals surface area contributed by atoms with Crippen LogP contribution in [0.1, 0.15) is 44.1 Å². The second-order valence-electron chi connectivity index (χ2n) is 7.31. The third-order valence-electron chi connectivity index (χ3n) is 5.50. The van der Waals surface area contributed by atoms with Gasteiger partial charge in [0.1, 0.15) is 5.82 Å². The van der Waals surface area contributed by atoms with Gasteiger partial charge in [0.15, 0.2) is 0 Å². The van der Waals surface area contributed by atoms with Gasteiger partial charge < -0.3 is 10.6 Å². The first-order valence-electron chi connectivity index (χ1n) is 8.93. The topological polar surface area (TPSA) is 29.3 Å². The van der Waals surface area contributed by atoms with Crippen LogP contribution >= 0.6 is 0 Å². The van der Waals surface area contributed by atoms with E-state index < -0.39 is 0 Å². The monoisotopic (exact) mass is 304 g/mol. The normalized spacial score (nSPS) is 30.4. The van der Waals surface area contributed by atoms with E-state index in [4.69, 9.17) is 5.73 Å². The molecule has 1 aromatic rings. The molecule has 0 aromatic heterocycles. The first-order chi connectivity index (χ1) is 10.7. The third-order valence-corrected chi connectivity index (χ3v) is 5.50. The fourth-order valence-corrected chi connectivity index (χ4v) is 4.23. The van der Waals surface area contributed by atoms with E-state index in [-0.39, 0.29) is 5.82 Å². The van der Waals surface area contributed by atoms with E-state index in [1.807, 2.05) is 12.1 Å². The van der Waals surface area contributed by atoms with Crippen LogP contribution in [0.5, 0.6) is 0 Å². The highest BCUT2D eigenvalue weighted by Crippen LogP contribution is 2.27. The number of nitrogens with zero attached hydrogens (tertiary/aromatic N) is 1. The number of halogens is 1. The van der Waals surface area contributed by atoms with Gasteiger partial charge in [-0.05, 0) is 68.2 Å². The van der Waals surface area contributed by atoms with Gasteiger partial charge in [-0.2, -0.15) is 0 Å². The molecule has 2 aliphatic rings. The summed E-state index contributed by atoms with van der Waals surface area (Å²) in [5.41, 5.74) is 7.57. The van der Waals surface area contributed by atoms with E-state index in [2.05, 4.69) is 4.90 Å². The predicted octanol–water partition coefficient (Wildman–Crippen LogP) is 3.60. The van der Waals surface area contributed by atoms with Crippen molar-refractivity contribution in [1.29, 1.82) is 0 Å². The summed E-state index contributed by atoms with van der Waals surface area (Å²) < 4.78 is 13.0.